The third-order valence-corrected chi connectivity index (χ3v) is 22.5. The van der Waals surface area contributed by atoms with E-state index in [9.17, 15) is 4.79 Å². The fourth-order valence-corrected chi connectivity index (χ4v) is 21.6. The molecule has 1 nitrogen and oxygen atoms in total. The maximum atomic E-state index is 9.88. The second kappa shape index (κ2) is 25.2. The Morgan fingerprint density at radius 2 is 0.604 bits per heavy atom. The van der Waals surface area contributed by atoms with Crippen LogP contribution in [0.2, 0.25) is 0 Å². The quantitative estimate of drug-likeness (QED) is 0.154. The van der Waals surface area contributed by atoms with Crippen molar-refractivity contribution in [2.45, 2.75) is 227 Å². The van der Waals surface area contributed by atoms with E-state index in [1.807, 2.05) is 6.07 Å². The van der Waals surface area contributed by atoms with Crippen LogP contribution < -0.4 is 0 Å². The molecule has 6 saturated carbocycles. The zero-order chi connectivity index (χ0) is 33.7. The van der Waals surface area contributed by atoms with Gasteiger partial charge in [0.05, 0.1) is 40.2 Å². The van der Waals surface area contributed by atoms with E-state index >= 15 is 0 Å². The van der Waals surface area contributed by atoms with E-state index in [1.54, 1.807) is 223 Å². The molecule has 6 aliphatic rings. The molecule has 0 saturated heterocycles. The Bertz CT molecular complexity index is 772. The molecular weight excluding hydrogens is 672 g/mol. The third kappa shape index (κ3) is 14.0. The SMILES string of the molecule is C1CCC([PH+](C2CCCCC2)C2CCCCC2)CC1.C1CCC([PH+](C2CCCCC2)C2CCCCC2)CC1.O=[C-]c1ccccc1.[F][Ni]. The molecular formula is C43H73FNiOP2+. The first-order valence-corrected chi connectivity index (χ1v) is 25.0. The van der Waals surface area contributed by atoms with Crippen molar-refractivity contribution >= 4 is 22.1 Å². The van der Waals surface area contributed by atoms with E-state index in [2.05, 4.69) is 15.9 Å². The van der Waals surface area contributed by atoms with E-state index in [1.165, 1.54) is 34.0 Å². The molecule has 0 N–H and O–H groups in total. The van der Waals surface area contributed by atoms with Crippen molar-refractivity contribution in [3.63, 3.8) is 0 Å². The Morgan fingerprint density at radius 3 is 0.771 bits per heavy atom. The van der Waals surface area contributed by atoms with Crippen LogP contribution in [-0.2, 0) is 20.7 Å². The van der Waals surface area contributed by atoms with Crippen LogP contribution in [0, 0.1) is 0 Å². The summed E-state index contributed by atoms with van der Waals surface area (Å²) in [6, 6.07) is 8.90. The zero-order valence-electron chi connectivity index (χ0n) is 30.7. The van der Waals surface area contributed by atoms with Crippen LogP contribution in [0.25, 0.3) is 0 Å². The predicted octanol–water partition coefficient (Wildman–Crippen LogP) is 14.0. The summed E-state index contributed by atoms with van der Waals surface area (Å²) in [5.74, 6) is 0. The molecule has 7 rings (SSSR count). The molecule has 277 valence electrons. The maximum absolute atomic E-state index is 9.88. The van der Waals surface area contributed by atoms with Crippen LogP contribution in [-0.4, -0.2) is 40.2 Å². The monoisotopic (exact) mass is 744 g/mol. The standard InChI is InChI=1S/2C18H33P.C7H5O.FH.Ni/c2*1-4-10-16(11-5-1)19(17-12-6-2-7-13-17)18-14-8-3-9-15-18;8-6-7-4-2-1-3-5-7;;/h2*16-18H,1-15H2;1-5H;1H;/q;;-1;;+1/p+1. The van der Waals surface area contributed by atoms with Gasteiger partial charge in [0.1, 0.15) is 0 Å². The van der Waals surface area contributed by atoms with Gasteiger partial charge < -0.3 is 4.79 Å². The molecule has 6 aliphatic carbocycles. The van der Waals surface area contributed by atoms with Gasteiger partial charge in [0, 0.05) is 15.8 Å². The Labute approximate surface area is 307 Å². The van der Waals surface area contributed by atoms with Gasteiger partial charge in [-0.05, 0) is 154 Å². The Morgan fingerprint density at radius 1 is 0.396 bits per heavy atom. The summed E-state index contributed by atoms with van der Waals surface area (Å²) in [6.07, 6.45) is 49.4. The normalized spacial score (nSPS) is 24.4. The van der Waals surface area contributed by atoms with Crippen LogP contribution in [0.1, 0.15) is 198 Å². The minimum atomic E-state index is -0.0465. The molecule has 0 aliphatic heterocycles. The minimum absolute atomic E-state index is 0.0465. The molecule has 5 heteroatoms. The number of halogens is 1. The molecule has 0 heterocycles. The molecule has 0 bridgehead atoms. The number of rotatable bonds is 7. The topological polar surface area (TPSA) is 17.1 Å². The molecule has 1 aromatic carbocycles. The first kappa shape index (κ1) is 40.9. The molecule has 6 fully saturated rings. The molecule has 1 aromatic rings. The van der Waals surface area contributed by atoms with E-state index in [0.717, 1.165) is 0 Å². The number of benzene rings is 1. The van der Waals surface area contributed by atoms with Gasteiger partial charge >= 0.3 is 19.5 Å². The average Bonchev–Trinajstić information content (AvgIpc) is 3.19. The van der Waals surface area contributed by atoms with E-state index in [-0.39, 0.29) is 15.8 Å². The van der Waals surface area contributed by atoms with Gasteiger partial charge in [-0.3, -0.25) is 0 Å². The van der Waals surface area contributed by atoms with Gasteiger partial charge in [0.25, 0.3) is 0 Å². The van der Waals surface area contributed by atoms with Crippen LogP contribution >= 0.6 is 15.8 Å². The van der Waals surface area contributed by atoms with Crippen molar-refractivity contribution in [2.75, 3.05) is 0 Å². The van der Waals surface area contributed by atoms with Crippen molar-refractivity contribution < 1.29 is 24.3 Å². The predicted molar refractivity (Wildman–Crippen MR) is 210 cm³/mol. The average molecular weight is 746 g/mol. The van der Waals surface area contributed by atoms with Crippen LogP contribution in [0.4, 0.5) is 3.61 Å². The van der Waals surface area contributed by atoms with Crippen LogP contribution in [0.5, 0.6) is 0 Å². The van der Waals surface area contributed by atoms with Crippen molar-refractivity contribution in [3.05, 3.63) is 35.9 Å². The Hall–Kier alpha value is 0.174. The molecule has 0 atom stereocenters. The second-order valence-corrected chi connectivity index (χ2v) is 23.4. The molecule has 0 amide bonds. The summed E-state index contributed by atoms with van der Waals surface area (Å²) in [4.78, 5) is 9.88. The molecule has 0 radical (unpaired) electrons. The van der Waals surface area contributed by atoms with Crippen molar-refractivity contribution in [1.29, 1.82) is 0 Å². The summed E-state index contributed by atoms with van der Waals surface area (Å²) < 4.78 is 9.12. The molecule has 0 spiro atoms. The number of hydrogen-bond acceptors (Lipinski definition) is 1. The van der Waals surface area contributed by atoms with Gasteiger partial charge in [-0.15, -0.1) is 12.1 Å². The molecule has 0 unspecified atom stereocenters. The van der Waals surface area contributed by atoms with Gasteiger partial charge in [0.2, 0.25) is 0 Å². The Kier molecular flexibility index (Phi) is 21.5. The molecule has 0 aromatic heterocycles. The first-order chi connectivity index (χ1) is 23.8. The van der Waals surface area contributed by atoms with E-state index in [0.29, 0.717) is 5.56 Å². The first-order valence-electron chi connectivity index (χ1n) is 21.1. The van der Waals surface area contributed by atoms with Gasteiger partial charge in [-0.1, -0.05) is 44.6 Å². The summed E-state index contributed by atoms with van der Waals surface area (Å²) in [5.41, 5.74) is 7.96. The van der Waals surface area contributed by atoms with Crippen molar-refractivity contribution in [2.24, 2.45) is 0 Å². The number of carbonyl (C=O) groups excluding carboxylic acids is 1. The van der Waals surface area contributed by atoms with E-state index < -0.39 is 0 Å². The van der Waals surface area contributed by atoms with Crippen molar-refractivity contribution in [3.8, 4) is 0 Å². The third-order valence-electron chi connectivity index (χ3n) is 13.4. The summed E-state index contributed by atoms with van der Waals surface area (Å²) in [7, 11) is -0.0930. The fourth-order valence-electron chi connectivity index (χ4n) is 11.1. The number of hydrogen-bond donors (Lipinski definition) is 0. The Balaban J connectivity index is 0.000000170. The summed E-state index contributed by atoms with van der Waals surface area (Å²) in [5, 5.41) is 0. The fraction of sp³-hybridized carbons (Fsp3) is 0.837. The van der Waals surface area contributed by atoms with E-state index in [4.69, 9.17) is 3.61 Å². The zero-order valence-corrected chi connectivity index (χ0v) is 33.7. The second-order valence-electron chi connectivity index (χ2n) is 16.5. The summed E-state index contributed by atoms with van der Waals surface area (Å²) >= 11 is 2.38. The van der Waals surface area contributed by atoms with Crippen LogP contribution in [0.15, 0.2) is 30.3 Å². The molecule has 48 heavy (non-hydrogen) atoms. The van der Waals surface area contributed by atoms with Gasteiger partial charge in [-0.2, -0.15) is 17.7 Å². The van der Waals surface area contributed by atoms with Crippen molar-refractivity contribution in [1.82, 2.24) is 0 Å². The van der Waals surface area contributed by atoms with Crippen LogP contribution in [0.3, 0.4) is 0 Å². The summed E-state index contributed by atoms with van der Waals surface area (Å²) in [6.45, 7) is 0. The van der Waals surface area contributed by atoms with Gasteiger partial charge in [0.15, 0.2) is 0 Å². The van der Waals surface area contributed by atoms with Gasteiger partial charge in [-0.25, -0.2) is 0 Å².